The molecule has 4 heterocycles. The smallest absolute Gasteiger partial charge is 0.407 e. The molecule has 8 nitrogen and oxygen atoms in total. The predicted molar refractivity (Wildman–Crippen MR) is 120 cm³/mol. The number of aromatic nitrogens is 3. The van der Waals surface area contributed by atoms with Gasteiger partial charge in [0.25, 0.3) is 0 Å². The van der Waals surface area contributed by atoms with Gasteiger partial charge < -0.3 is 20.1 Å². The van der Waals surface area contributed by atoms with Gasteiger partial charge in [0.1, 0.15) is 6.10 Å². The normalized spacial score (nSPS) is 26.0. The zero-order valence-corrected chi connectivity index (χ0v) is 18.4. The molecule has 31 heavy (non-hydrogen) atoms. The zero-order valence-electron chi connectivity index (χ0n) is 17.6. The van der Waals surface area contributed by atoms with Gasteiger partial charge in [0.2, 0.25) is 5.88 Å². The number of carbonyl (C=O) groups excluding carboxylic acids is 1. The molecule has 0 unspecified atom stereocenters. The fourth-order valence-corrected chi connectivity index (χ4v) is 6.11. The Kier molecular flexibility index (Phi) is 5.93. The second-order valence-corrected chi connectivity index (χ2v) is 9.95. The second kappa shape index (κ2) is 8.98. The largest absolute Gasteiger partial charge is 0.478 e. The molecule has 2 atom stereocenters. The van der Waals surface area contributed by atoms with Crippen LogP contribution < -0.4 is 15.4 Å². The first kappa shape index (κ1) is 20.5. The number of ether oxygens (including phenoxy) is 2. The number of pyridine rings is 1. The van der Waals surface area contributed by atoms with Crippen LogP contribution in [0.5, 0.6) is 5.88 Å². The van der Waals surface area contributed by atoms with E-state index >= 15 is 0 Å². The van der Waals surface area contributed by atoms with E-state index in [2.05, 4.69) is 25.8 Å². The van der Waals surface area contributed by atoms with E-state index < -0.39 is 0 Å². The third-order valence-corrected chi connectivity index (χ3v) is 7.56. The molecule has 2 aromatic rings. The summed E-state index contributed by atoms with van der Waals surface area (Å²) in [4.78, 5) is 17.1. The molecule has 2 fully saturated rings. The predicted octanol–water partition coefficient (Wildman–Crippen LogP) is 4.35. The third-order valence-electron chi connectivity index (χ3n) is 6.57. The maximum absolute atomic E-state index is 12.8. The molecule has 1 saturated carbocycles. The lowest BCUT2D eigenvalue weighted by atomic mass is 9.87. The van der Waals surface area contributed by atoms with Crippen molar-refractivity contribution in [3.63, 3.8) is 0 Å². The quantitative estimate of drug-likeness (QED) is 0.556. The summed E-state index contributed by atoms with van der Waals surface area (Å²) in [6.07, 6.45) is 7.75. The number of rotatable bonds is 0. The van der Waals surface area contributed by atoms with Crippen molar-refractivity contribution in [1.82, 2.24) is 20.5 Å². The third kappa shape index (κ3) is 4.92. The molecule has 0 aromatic carbocycles. The first-order valence-electron chi connectivity index (χ1n) is 11.2. The van der Waals surface area contributed by atoms with Crippen LogP contribution in [0.4, 0.5) is 16.3 Å². The molecule has 166 valence electrons. The Bertz CT molecular complexity index is 914. The molecule has 3 N–H and O–H groups in total. The molecular weight excluding hydrogens is 414 g/mol. The summed E-state index contributed by atoms with van der Waals surface area (Å²) in [5, 5.41) is 14.1. The van der Waals surface area contributed by atoms with Crippen molar-refractivity contribution in [2.75, 3.05) is 23.4 Å². The van der Waals surface area contributed by atoms with Crippen LogP contribution in [0.3, 0.4) is 0 Å². The van der Waals surface area contributed by atoms with Crippen LogP contribution in [0.25, 0.3) is 0 Å². The molecule has 1 spiro atoms. The lowest BCUT2D eigenvalue weighted by Crippen LogP contribution is -2.51. The number of H-pyrrole nitrogens is 1. The summed E-state index contributed by atoms with van der Waals surface area (Å²) in [6.45, 7) is 0.554. The molecule has 2 aromatic heterocycles. The molecule has 1 aliphatic carbocycles. The molecule has 5 rings (SSSR count). The lowest BCUT2D eigenvalue weighted by Gasteiger charge is -2.38. The van der Waals surface area contributed by atoms with Gasteiger partial charge in [-0.2, -0.15) is 16.9 Å². The first-order chi connectivity index (χ1) is 15.2. The minimum atomic E-state index is -0.277. The fourth-order valence-electron chi connectivity index (χ4n) is 4.84. The van der Waals surface area contributed by atoms with Crippen LogP contribution in [0.15, 0.2) is 24.4 Å². The SMILES string of the molecule is O=C1NC2(CCCOc3cc(ccn3)Nc3cc([nH]n3)[C@H]3CC[C@H](C3)O1)CCSCC2. The molecule has 2 aliphatic heterocycles. The Morgan fingerprint density at radius 2 is 2.06 bits per heavy atom. The molecule has 0 radical (unpaired) electrons. The number of thioether (sulfide) groups is 1. The highest BCUT2D eigenvalue weighted by Crippen LogP contribution is 2.37. The molecule has 3 aliphatic rings. The number of hydrogen-bond donors (Lipinski definition) is 3. The maximum atomic E-state index is 12.8. The number of anilines is 2. The molecule has 1 amide bonds. The number of carbonyl (C=O) groups is 1. The fraction of sp³-hybridized carbons (Fsp3) is 0.591. The van der Waals surface area contributed by atoms with Crippen LogP contribution in [-0.2, 0) is 4.74 Å². The van der Waals surface area contributed by atoms with Gasteiger partial charge >= 0.3 is 6.09 Å². The second-order valence-electron chi connectivity index (χ2n) is 8.72. The van der Waals surface area contributed by atoms with Gasteiger partial charge in [0, 0.05) is 41.2 Å². The lowest BCUT2D eigenvalue weighted by molar-refractivity contribution is 0.0863. The van der Waals surface area contributed by atoms with Crippen molar-refractivity contribution < 1.29 is 14.3 Å². The number of amides is 1. The maximum Gasteiger partial charge on any atom is 0.407 e. The summed E-state index contributed by atoms with van der Waals surface area (Å²) in [5.41, 5.74) is 1.76. The number of alkyl carbamates (subject to hydrolysis) is 1. The van der Waals surface area contributed by atoms with Crippen LogP contribution in [0.1, 0.15) is 56.6 Å². The van der Waals surface area contributed by atoms with Crippen LogP contribution in [-0.4, -0.2) is 51.0 Å². The number of aromatic amines is 1. The van der Waals surface area contributed by atoms with Gasteiger partial charge in [-0.1, -0.05) is 0 Å². The molecule has 6 bridgehead atoms. The standard InChI is InChI=1S/C22H29N5O3S/c28-21-25-22(6-10-31-11-7-22)5-1-9-29-20-13-16(4-8-23-20)24-19-14-18(26-27-19)15-2-3-17(12-15)30-21/h4,8,13-15,17H,1-3,5-7,9-12H2,(H,25,28)(H2,24,26,27)/t15-,17+/m0/s1. The average molecular weight is 444 g/mol. The van der Waals surface area contributed by atoms with E-state index in [9.17, 15) is 4.79 Å². The Balaban J connectivity index is 1.36. The van der Waals surface area contributed by atoms with E-state index in [4.69, 9.17) is 9.47 Å². The van der Waals surface area contributed by atoms with Gasteiger partial charge in [-0.05, 0) is 62.5 Å². The van der Waals surface area contributed by atoms with E-state index in [1.54, 1.807) is 6.20 Å². The van der Waals surface area contributed by atoms with Gasteiger partial charge in [0.05, 0.1) is 6.61 Å². The summed E-state index contributed by atoms with van der Waals surface area (Å²) in [7, 11) is 0. The van der Waals surface area contributed by atoms with Gasteiger partial charge in [-0.25, -0.2) is 9.78 Å². The van der Waals surface area contributed by atoms with E-state index in [1.807, 2.05) is 30.0 Å². The number of nitrogens with one attached hydrogen (secondary N) is 3. The summed E-state index contributed by atoms with van der Waals surface area (Å²) >= 11 is 1.95. The Morgan fingerprint density at radius 1 is 1.16 bits per heavy atom. The summed E-state index contributed by atoms with van der Waals surface area (Å²) in [6, 6.07) is 5.83. The van der Waals surface area contributed by atoms with Crippen LogP contribution >= 0.6 is 11.8 Å². The highest BCUT2D eigenvalue weighted by Gasteiger charge is 2.36. The zero-order chi connectivity index (χ0) is 21.1. The van der Waals surface area contributed by atoms with Crippen molar-refractivity contribution in [1.29, 1.82) is 0 Å². The monoisotopic (exact) mass is 443 g/mol. The topological polar surface area (TPSA) is 101 Å². The summed E-state index contributed by atoms with van der Waals surface area (Å²) in [5.74, 6) is 3.78. The minimum absolute atomic E-state index is 0.0512. The number of nitrogens with zero attached hydrogens (tertiary/aromatic N) is 2. The highest BCUT2D eigenvalue weighted by atomic mass is 32.2. The first-order valence-corrected chi connectivity index (χ1v) is 12.3. The van der Waals surface area contributed by atoms with Crippen molar-refractivity contribution in [2.45, 2.75) is 62.5 Å². The van der Waals surface area contributed by atoms with Crippen molar-refractivity contribution in [3.05, 3.63) is 30.1 Å². The number of fused-ring (bicyclic) bond motifs is 7. The van der Waals surface area contributed by atoms with E-state index in [1.165, 1.54) is 0 Å². The Morgan fingerprint density at radius 3 is 2.97 bits per heavy atom. The number of hydrogen-bond acceptors (Lipinski definition) is 7. The van der Waals surface area contributed by atoms with Crippen molar-refractivity contribution >= 4 is 29.4 Å². The van der Waals surface area contributed by atoms with Crippen LogP contribution in [0.2, 0.25) is 0 Å². The van der Waals surface area contributed by atoms with Crippen molar-refractivity contribution in [2.24, 2.45) is 0 Å². The minimum Gasteiger partial charge on any atom is -0.478 e. The Labute approximate surface area is 186 Å². The molecule has 1 saturated heterocycles. The van der Waals surface area contributed by atoms with E-state index in [-0.39, 0.29) is 17.7 Å². The van der Waals surface area contributed by atoms with Gasteiger partial charge in [-0.15, -0.1) is 0 Å². The summed E-state index contributed by atoms with van der Waals surface area (Å²) < 4.78 is 11.8. The van der Waals surface area contributed by atoms with Gasteiger partial charge in [-0.3, -0.25) is 5.10 Å². The Hall–Kier alpha value is -2.42. The molecule has 9 heteroatoms. The van der Waals surface area contributed by atoms with E-state index in [0.29, 0.717) is 18.4 Å². The van der Waals surface area contributed by atoms with E-state index in [0.717, 1.165) is 73.7 Å². The highest BCUT2D eigenvalue weighted by molar-refractivity contribution is 7.99. The average Bonchev–Trinajstić information content (AvgIpc) is 3.41. The van der Waals surface area contributed by atoms with Crippen molar-refractivity contribution in [3.8, 4) is 5.88 Å². The van der Waals surface area contributed by atoms with Gasteiger partial charge in [0.15, 0.2) is 5.82 Å². The molecular formula is C22H29N5O3S. The van der Waals surface area contributed by atoms with Crippen LogP contribution in [0, 0.1) is 0 Å².